The molecule has 0 aromatic rings. The smallest absolute Gasteiger partial charge is 0.331 e. The van der Waals surface area contributed by atoms with E-state index in [-0.39, 0.29) is 48.8 Å². The van der Waals surface area contributed by atoms with E-state index in [1.807, 2.05) is 65.0 Å². The van der Waals surface area contributed by atoms with Crippen LogP contribution in [0.2, 0.25) is 0 Å². The zero-order valence-corrected chi connectivity index (χ0v) is 34.0. The summed E-state index contributed by atoms with van der Waals surface area (Å²) in [6.45, 7) is 19.1. The maximum absolute atomic E-state index is 12.9. The number of ether oxygens (including phenoxy) is 2. The number of rotatable bonds is 17. The third-order valence-corrected chi connectivity index (χ3v) is 9.48. The Morgan fingerprint density at radius 3 is 2.19 bits per heavy atom. The molecule has 0 aromatic heterocycles. The lowest BCUT2D eigenvalue weighted by atomic mass is 9.89. The van der Waals surface area contributed by atoms with Gasteiger partial charge >= 0.3 is 11.9 Å². The summed E-state index contributed by atoms with van der Waals surface area (Å²) in [5.41, 5.74) is 4.84. The van der Waals surface area contributed by atoms with Crippen LogP contribution >= 0.6 is 0 Å². The van der Waals surface area contributed by atoms with Gasteiger partial charge in [0.15, 0.2) is 0 Å². The Hall–Kier alpha value is -3.08. The van der Waals surface area contributed by atoms with Gasteiger partial charge in [-0.05, 0) is 92.4 Å². The van der Waals surface area contributed by atoms with E-state index in [2.05, 4.69) is 26.8 Å². The van der Waals surface area contributed by atoms with Gasteiger partial charge in [0, 0.05) is 31.3 Å². The first-order valence-corrected chi connectivity index (χ1v) is 19.3. The van der Waals surface area contributed by atoms with Gasteiger partial charge in [-0.2, -0.15) is 0 Å². The molecule has 0 fully saturated rings. The minimum atomic E-state index is -1.07. The molecule has 1 aliphatic heterocycles. The summed E-state index contributed by atoms with van der Waals surface area (Å²) in [7, 11) is 0. The molecule has 10 atom stereocenters. The minimum absolute atomic E-state index is 0.0587. The molecule has 0 radical (unpaired) electrons. The number of aliphatic hydroxyl groups is 5. The summed E-state index contributed by atoms with van der Waals surface area (Å²) in [6, 6.07) is 0. The second kappa shape index (κ2) is 25.1. The average molecular weight is 743 g/mol. The lowest BCUT2D eigenvalue weighted by Crippen LogP contribution is -2.28. The molecule has 0 spiro atoms. The van der Waals surface area contributed by atoms with Gasteiger partial charge in [-0.3, -0.25) is 4.79 Å². The van der Waals surface area contributed by atoms with E-state index in [4.69, 9.17) is 9.47 Å². The van der Waals surface area contributed by atoms with Gasteiger partial charge < -0.3 is 35.0 Å². The van der Waals surface area contributed by atoms with Crippen molar-refractivity contribution in [1.82, 2.24) is 0 Å². The van der Waals surface area contributed by atoms with E-state index in [1.54, 1.807) is 26.0 Å². The minimum Gasteiger partial charge on any atom is -0.462 e. The second-order valence-electron chi connectivity index (χ2n) is 15.6. The molecule has 1 rings (SSSR count). The summed E-state index contributed by atoms with van der Waals surface area (Å²) in [5.74, 6) is -0.659. The molecule has 5 N–H and O–H groups in total. The molecule has 0 saturated heterocycles. The largest absolute Gasteiger partial charge is 0.462 e. The molecule has 1 aliphatic rings. The van der Waals surface area contributed by atoms with Gasteiger partial charge in [0.05, 0.1) is 30.5 Å². The van der Waals surface area contributed by atoms with Crippen molar-refractivity contribution >= 4 is 11.9 Å². The van der Waals surface area contributed by atoms with Crippen LogP contribution in [0.3, 0.4) is 0 Å². The molecular weight excluding hydrogens is 672 g/mol. The first-order chi connectivity index (χ1) is 24.8. The van der Waals surface area contributed by atoms with Crippen LogP contribution in [-0.4, -0.2) is 80.2 Å². The molecule has 9 nitrogen and oxygen atoms in total. The van der Waals surface area contributed by atoms with E-state index >= 15 is 0 Å². The highest BCUT2D eigenvalue weighted by atomic mass is 16.5. The fourth-order valence-electron chi connectivity index (χ4n) is 6.52. The van der Waals surface area contributed by atoms with Crippen molar-refractivity contribution in [2.75, 3.05) is 0 Å². The van der Waals surface area contributed by atoms with Crippen LogP contribution in [0, 0.1) is 17.8 Å². The molecule has 0 aromatic carbocycles. The number of allylic oxidation sites excluding steroid dienone is 10. The Morgan fingerprint density at radius 2 is 1.55 bits per heavy atom. The van der Waals surface area contributed by atoms with Crippen molar-refractivity contribution in [3.8, 4) is 0 Å². The molecule has 10 unspecified atom stereocenters. The van der Waals surface area contributed by atoms with E-state index in [9.17, 15) is 35.1 Å². The fourth-order valence-corrected chi connectivity index (χ4v) is 6.52. The third kappa shape index (κ3) is 21.4. The molecular formula is C44H70O9. The topological polar surface area (TPSA) is 154 Å². The standard InChI is InChI=1S/C44H70O9/c1-28(13-11-14-29(2)25-39(48)40(49)27-37(10)46)21-30(3)18-20-44(51)52-41-15-12-16-43(50)53-42(19-17-31(4)22-34(41)7)35(8)24-32(5)23-33(6)38(47)26-36(9)45/h11,13-14,17-18,20-21,23,25,33-42,45-49H,12,15-16,19,22,24,26-27H2,1-10H3/b14-11+,20-18+,28-13+,29-25+,30-21-,31-17+,32-23+. The number of esters is 2. The first kappa shape index (κ1) is 47.9. The van der Waals surface area contributed by atoms with Crippen LogP contribution in [0.1, 0.15) is 121 Å². The van der Waals surface area contributed by atoms with Gasteiger partial charge in [-0.1, -0.05) is 97.2 Å². The number of carbonyl (C=O) groups is 2. The van der Waals surface area contributed by atoms with Crippen LogP contribution in [0.25, 0.3) is 0 Å². The predicted octanol–water partition coefficient (Wildman–Crippen LogP) is 7.54. The summed E-state index contributed by atoms with van der Waals surface area (Å²) in [4.78, 5) is 25.9. The molecule has 300 valence electrons. The molecule has 53 heavy (non-hydrogen) atoms. The van der Waals surface area contributed by atoms with Crippen LogP contribution in [0.5, 0.6) is 0 Å². The lowest BCUT2D eigenvalue weighted by Gasteiger charge is -2.27. The number of aliphatic hydroxyl groups excluding tert-OH is 5. The van der Waals surface area contributed by atoms with Crippen LogP contribution in [-0.2, 0) is 19.1 Å². The van der Waals surface area contributed by atoms with Crippen molar-refractivity contribution < 1.29 is 44.6 Å². The van der Waals surface area contributed by atoms with Crippen molar-refractivity contribution in [3.63, 3.8) is 0 Å². The molecule has 0 saturated carbocycles. The van der Waals surface area contributed by atoms with Crippen molar-refractivity contribution in [2.24, 2.45) is 17.8 Å². The Morgan fingerprint density at radius 1 is 0.906 bits per heavy atom. The summed E-state index contributed by atoms with van der Waals surface area (Å²) in [6.07, 6.45) is 15.5. The Balaban J connectivity index is 2.86. The van der Waals surface area contributed by atoms with Crippen LogP contribution < -0.4 is 0 Å². The summed E-state index contributed by atoms with van der Waals surface area (Å²) >= 11 is 0. The van der Waals surface area contributed by atoms with E-state index in [0.29, 0.717) is 25.7 Å². The van der Waals surface area contributed by atoms with Crippen LogP contribution in [0.15, 0.2) is 82.5 Å². The molecule has 1 heterocycles. The van der Waals surface area contributed by atoms with E-state index in [1.165, 1.54) is 6.08 Å². The van der Waals surface area contributed by atoms with Gasteiger partial charge in [0.2, 0.25) is 0 Å². The quantitative estimate of drug-likeness (QED) is 0.0440. The number of carbonyl (C=O) groups excluding carboxylic acids is 2. The van der Waals surface area contributed by atoms with E-state index < -0.39 is 36.5 Å². The molecule has 0 bridgehead atoms. The van der Waals surface area contributed by atoms with E-state index in [0.717, 1.165) is 40.7 Å². The van der Waals surface area contributed by atoms with Gasteiger partial charge in [0.1, 0.15) is 12.2 Å². The lowest BCUT2D eigenvalue weighted by molar-refractivity contribution is -0.152. The monoisotopic (exact) mass is 743 g/mol. The second-order valence-corrected chi connectivity index (χ2v) is 15.6. The van der Waals surface area contributed by atoms with Gasteiger partial charge in [0.25, 0.3) is 0 Å². The average Bonchev–Trinajstić information content (AvgIpc) is 3.03. The molecule has 0 amide bonds. The SMILES string of the molecule is CC(=C/C(C)=C/C=C/C(C)=C/C(O)C(O)CC(C)O)/C=C/C(=O)OC1CCCC(=O)OC(C(C)C/C(C)=C/C(C)C(O)CC(C)O)C/C=C(\C)CC1C. The Labute approximate surface area is 319 Å². The maximum atomic E-state index is 12.9. The predicted molar refractivity (Wildman–Crippen MR) is 213 cm³/mol. The summed E-state index contributed by atoms with van der Waals surface area (Å²) in [5, 5.41) is 49.4. The fraction of sp³-hybridized carbons (Fsp3) is 0.636. The third-order valence-electron chi connectivity index (χ3n) is 9.48. The number of hydrogen-bond acceptors (Lipinski definition) is 9. The number of hydrogen-bond donors (Lipinski definition) is 5. The normalized spacial score (nSPS) is 25.7. The number of cyclic esters (lactones) is 1. The van der Waals surface area contributed by atoms with Crippen molar-refractivity contribution in [3.05, 3.63) is 82.5 Å². The highest BCUT2D eigenvalue weighted by molar-refractivity contribution is 5.82. The zero-order valence-electron chi connectivity index (χ0n) is 34.0. The Kier molecular flexibility index (Phi) is 22.7. The molecule has 9 heteroatoms. The maximum Gasteiger partial charge on any atom is 0.331 e. The van der Waals surface area contributed by atoms with Crippen LogP contribution in [0.4, 0.5) is 0 Å². The van der Waals surface area contributed by atoms with Gasteiger partial charge in [-0.25, -0.2) is 4.79 Å². The Bertz CT molecular complexity index is 1350. The highest BCUT2D eigenvalue weighted by Gasteiger charge is 2.26. The van der Waals surface area contributed by atoms with Gasteiger partial charge in [-0.15, -0.1) is 0 Å². The molecule has 0 aliphatic carbocycles. The zero-order chi connectivity index (χ0) is 40.2. The highest BCUT2D eigenvalue weighted by Crippen LogP contribution is 2.27. The van der Waals surface area contributed by atoms with Crippen molar-refractivity contribution in [2.45, 2.75) is 163 Å². The van der Waals surface area contributed by atoms with Crippen molar-refractivity contribution in [1.29, 1.82) is 0 Å². The summed E-state index contributed by atoms with van der Waals surface area (Å²) < 4.78 is 11.9. The first-order valence-electron chi connectivity index (χ1n) is 19.3.